The molecule has 3 nitrogen and oxygen atoms in total. The van der Waals surface area contributed by atoms with Gasteiger partial charge in [0.25, 0.3) is 0 Å². The molecule has 0 saturated heterocycles. The Labute approximate surface area is 108 Å². The molecule has 0 bridgehead atoms. The fourth-order valence-corrected chi connectivity index (χ4v) is 2.34. The maximum atomic E-state index is 11.6. The van der Waals surface area contributed by atoms with Crippen molar-refractivity contribution >= 4 is 5.78 Å². The van der Waals surface area contributed by atoms with Crippen molar-refractivity contribution in [1.29, 1.82) is 0 Å². The van der Waals surface area contributed by atoms with Gasteiger partial charge < -0.3 is 0 Å². The van der Waals surface area contributed by atoms with Crippen LogP contribution in [0.1, 0.15) is 32.3 Å². The first-order valence-corrected chi connectivity index (χ1v) is 6.20. The van der Waals surface area contributed by atoms with E-state index in [1.165, 1.54) is 5.06 Å². The van der Waals surface area contributed by atoms with Crippen LogP contribution in [-0.4, -0.2) is 16.1 Å². The molecular weight excluding hydrogens is 226 g/mol. The summed E-state index contributed by atoms with van der Waals surface area (Å²) < 4.78 is 0. The Morgan fingerprint density at radius 3 is 2.50 bits per heavy atom. The van der Waals surface area contributed by atoms with Crippen molar-refractivity contribution in [3.8, 4) is 0 Å². The van der Waals surface area contributed by atoms with Gasteiger partial charge in [-0.3, -0.25) is 15.1 Å². The van der Waals surface area contributed by atoms with Crippen molar-refractivity contribution < 1.29 is 10.0 Å². The van der Waals surface area contributed by atoms with Crippen LogP contribution in [0.4, 0.5) is 0 Å². The average Bonchev–Trinajstić information content (AvgIpc) is 2.27. The normalized spacial score (nSPS) is 18.4. The first kappa shape index (κ1) is 12.8. The summed E-state index contributed by atoms with van der Waals surface area (Å²) in [5, 5.41) is 11.3. The molecule has 0 saturated carbocycles. The van der Waals surface area contributed by atoms with Crippen LogP contribution in [0.5, 0.6) is 0 Å². The van der Waals surface area contributed by atoms with Gasteiger partial charge in [0.1, 0.15) is 0 Å². The molecule has 0 heterocycles. The van der Waals surface area contributed by atoms with Gasteiger partial charge in [-0.05, 0) is 17.4 Å². The second-order valence-corrected chi connectivity index (χ2v) is 5.66. The fourth-order valence-electron chi connectivity index (χ4n) is 2.34. The molecule has 1 aliphatic rings. The van der Waals surface area contributed by atoms with E-state index < -0.39 is 0 Å². The van der Waals surface area contributed by atoms with Crippen LogP contribution < -0.4 is 0 Å². The van der Waals surface area contributed by atoms with Crippen molar-refractivity contribution in [2.24, 2.45) is 5.41 Å². The monoisotopic (exact) mass is 245 g/mol. The summed E-state index contributed by atoms with van der Waals surface area (Å²) in [6, 6.07) is 9.73. The maximum Gasteiger partial charge on any atom is 0.158 e. The van der Waals surface area contributed by atoms with Gasteiger partial charge in [0, 0.05) is 18.2 Å². The summed E-state index contributed by atoms with van der Waals surface area (Å²) in [6.45, 7) is 4.51. The van der Waals surface area contributed by atoms with E-state index in [2.05, 4.69) is 0 Å². The Hall–Kier alpha value is -1.61. The topological polar surface area (TPSA) is 40.5 Å². The van der Waals surface area contributed by atoms with Gasteiger partial charge in [0.15, 0.2) is 5.78 Å². The van der Waals surface area contributed by atoms with Crippen LogP contribution in [0.3, 0.4) is 0 Å². The molecule has 0 atom stereocenters. The summed E-state index contributed by atoms with van der Waals surface area (Å²) >= 11 is 0. The number of hydrogen-bond acceptors (Lipinski definition) is 3. The molecule has 0 spiro atoms. The van der Waals surface area contributed by atoms with Gasteiger partial charge in [0.05, 0.1) is 6.54 Å². The van der Waals surface area contributed by atoms with E-state index in [0.717, 1.165) is 12.0 Å². The zero-order chi connectivity index (χ0) is 13.2. The van der Waals surface area contributed by atoms with Crippen LogP contribution in [0.15, 0.2) is 42.1 Å². The molecule has 1 N–H and O–H groups in total. The van der Waals surface area contributed by atoms with Gasteiger partial charge in [0.2, 0.25) is 0 Å². The number of carbonyl (C=O) groups is 1. The summed E-state index contributed by atoms with van der Waals surface area (Å²) in [4.78, 5) is 11.6. The highest BCUT2D eigenvalue weighted by molar-refractivity contribution is 5.91. The number of nitrogens with zero attached hydrogens (tertiary/aromatic N) is 1. The molecule has 96 valence electrons. The Balaban J connectivity index is 2.10. The van der Waals surface area contributed by atoms with Crippen molar-refractivity contribution in [3.63, 3.8) is 0 Å². The third-order valence-electron chi connectivity index (χ3n) is 3.15. The van der Waals surface area contributed by atoms with Crippen LogP contribution in [-0.2, 0) is 11.3 Å². The number of ketones is 1. The number of hydrogen-bond donors (Lipinski definition) is 1. The molecule has 0 aliphatic heterocycles. The molecule has 1 aromatic carbocycles. The molecule has 1 aliphatic carbocycles. The number of benzene rings is 1. The lowest BCUT2D eigenvalue weighted by Crippen LogP contribution is -2.29. The summed E-state index contributed by atoms with van der Waals surface area (Å²) in [5.74, 6) is 0.0911. The predicted octanol–water partition coefficient (Wildman–Crippen LogP) is 3.15. The van der Waals surface area contributed by atoms with Crippen molar-refractivity contribution in [2.45, 2.75) is 33.2 Å². The van der Waals surface area contributed by atoms with Gasteiger partial charge in [-0.15, -0.1) is 0 Å². The largest absolute Gasteiger partial charge is 0.295 e. The van der Waals surface area contributed by atoms with Crippen LogP contribution >= 0.6 is 0 Å². The first-order valence-electron chi connectivity index (χ1n) is 6.20. The average molecular weight is 245 g/mol. The van der Waals surface area contributed by atoms with E-state index in [4.69, 9.17) is 0 Å². The van der Waals surface area contributed by atoms with E-state index in [1.807, 2.05) is 44.2 Å². The molecular formula is C15H19NO2. The molecule has 0 radical (unpaired) electrons. The maximum absolute atomic E-state index is 11.6. The van der Waals surface area contributed by atoms with Crippen LogP contribution in [0, 0.1) is 5.41 Å². The van der Waals surface area contributed by atoms with E-state index in [1.54, 1.807) is 6.08 Å². The minimum Gasteiger partial charge on any atom is -0.295 e. The van der Waals surface area contributed by atoms with E-state index in [0.29, 0.717) is 18.7 Å². The summed E-state index contributed by atoms with van der Waals surface area (Å²) in [5.41, 5.74) is 1.66. The van der Waals surface area contributed by atoms with Crippen molar-refractivity contribution in [2.75, 3.05) is 0 Å². The smallest absolute Gasteiger partial charge is 0.158 e. The third-order valence-corrected chi connectivity index (χ3v) is 3.15. The lowest BCUT2D eigenvalue weighted by atomic mass is 9.79. The van der Waals surface area contributed by atoms with Crippen molar-refractivity contribution in [1.82, 2.24) is 5.06 Å². The molecule has 3 heteroatoms. The minimum absolute atomic E-state index is 0.0706. The highest BCUT2D eigenvalue weighted by atomic mass is 16.5. The number of hydroxylamine groups is 2. The Kier molecular flexibility index (Phi) is 3.53. The van der Waals surface area contributed by atoms with Gasteiger partial charge >= 0.3 is 0 Å². The number of carbonyl (C=O) groups excluding carboxylic acids is 1. The molecule has 0 aromatic heterocycles. The zero-order valence-corrected chi connectivity index (χ0v) is 10.9. The Bertz CT molecular complexity index is 463. The Morgan fingerprint density at radius 1 is 1.22 bits per heavy atom. The highest BCUT2D eigenvalue weighted by Crippen LogP contribution is 2.34. The minimum atomic E-state index is -0.0706. The van der Waals surface area contributed by atoms with Crippen LogP contribution in [0.2, 0.25) is 0 Å². The van der Waals surface area contributed by atoms with Gasteiger partial charge in [-0.1, -0.05) is 44.2 Å². The second-order valence-electron chi connectivity index (χ2n) is 5.66. The molecule has 0 unspecified atom stereocenters. The van der Waals surface area contributed by atoms with Gasteiger partial charge in [-0.25, -0.2) is 0 Å². The SMILES string of the molecule is CC1(C)CC(=O)C=C(N(O)Cc2ccccc2)C1. The summed E-state index contributed by atoms with van der Waals surface area (Å²) in [7, 11) is 0. The molecule has 0 fully saturated rings. The van der Waals surface area contributed by atoms with Crippen molar-refractivity contribution in [3.05, 3.63) is 47.7 Å². The molecule has 18 heavy (non-hydrogen) atoms. The van der Waals surface area contributed by atoms with E-state index in [9.17, 15) is 10.0 Å². The Morgan fingerprint density at radius 2 is 1.89 bits per heavy atom. The molecule has 0 amide bonds. The predicted molar refractivity (Wildman–Crippen MR) is 69.9 cm³/mol. The second kappa shape index (κ2) is 4.94. The van der Waals surface area contributed by atoms with E-state index >= 15 is 0 Å². The fraction of sp³-hybridized carbons (Fsp3) is 0.400. The lowest BCUT2D eigenvalue weighted by molar-refractivity contribution is -0.119. The molecule has 2 rings (SSSR count). The standard InChI is InChI=1S/C15H19NO2/c1-15(2)9-13(8-14(17)10-15)16(18)11-12-6-4-3-5-7-12/h3-8,18H,9-11H2,1-2H3. The zero-order valence-electron chi connectivity index (χ0n) is 10.9. The van der Waals surface area contributed by atoms with Crippen LogP contribution in [0.25, 0.3) is 0 Å². The number of rotatable bonds is 3. The van der Waals surface area contributed by atoms with E-state index in [-0.39, 0.29) is 11.2 Å². The molecule has 1 aromatic rings. The van der Waals surface area contributed by atoms with Gasteiger partial charge in [-0.2, -0.15) is 0 Å². The summed E-state index contributed by atoms with van der Waals surface area (Å²) in [6.07, 6.45) is 2.84. The third kappa shape index (κ3) is 3.20. The number of allylic oxidation sites excluding steroid dienone is 2. The first-order chi connectivity index (χ1) is 8.46. The highest BCUT2D eigenvalue weighted by Gasteiger charge is 2.29. The quantitative estimate of drug-likeness (QED) is 0.832. The lowest BCUT2D eigenvalue weighted by Gasteiger charge is -2.32.